The van der Waals surface area contributed by atoms with Crippen LogP contribution in [0, 0.1) is 0 Å². The molecule has 2 atom stereocenters. The van der Waals surface area contributed by atoms with Crippen LogP contribution in [-0.4, -0.2) is 62.4 Å². The van der Waals surface area contributed by atoms with E-state index in [0.717, 1.165) is 4.90 Å². The molecule has 0 saturated carbocycles. The lowest BCUT2D eigenvalue weighted by molar-refractivity contribution is 0.0503. The van der Waals surface area contributed by atoms with Crippen LogP contribution in [0.25, 0.3) is 0 Å². The van der Waals surface area contributed by atoms with E-state index >= 15 is 0 Å². The third-order valence-corrected chi connectivity index (χ3v) is 7.97. The number of aliphatic hydroxyl groups is 1. The summed E-state index contributed by atoms with van der Waals surface area (Å²) in [4.78, 5) is 24.5. The van der Waals surface area contributed by atoms with Crippen molar-refractivity contribution >= 4 is 33.8 Å². The first kappa shape index (κ1) is 29.1. The van der Waals surface area contributed by atoms with Crippen molar-refractivity contribution in [1.82, 2.24) is 4.90 Å². The molecule has 0 aliphatic carbocycles. The highest BCUT2D eigenvalue weighted by molar-refractivity contribution is 7.91. The number of rotatable bonds is 12. The minimum atomic E-state index is -4.05. The lowest BCUT2D eigenvalue weighted by Gasteiger charge is -2.29. The maximum atomic E-state index is 13.3. The number of ether oxygens (including phenoxy) is 2. The third kappa shape index (κ3) is 6.90. The lowest BCUT2D eigenvalue weighted by Crippen LogP contribution is -2.41. The molecular formula is C27H28ClNO8S. The minimum Gasteiger partial charge on any atom is -0.467 e. The maximum absolute atomic E-state index is 13.3. The molecule has 0 radical (unpaired) electrons. The summed E-state index contributed by atoms with van der Waals surface area (Å²) in [6.07, 6.45) is -1.58. The van der Waals surface area contributed by atoms with Crippen molar-refractivity contribution in [3.8, 4) is 5.75 Å². The van der Waals surface area contributed by atoms with E-state index in [9.17, 15) is 28.2 Å². The van der Waals surface area contributed by atoms with Crippen molar-refractivity contribution in [3.05, 3.63) is 88.4 Å². The second-order valence-corrected chi connectivity index (χ2v) is 10.9. The van der Waals surface area contributed by atoms with E-state index in [0.29, 0.717) is 22.4 Å². The number of hydrogen-bond donors (Lipinski definition) is 2. The van der Waals surface area contributed by atoms with Gasteiger partial charge in [0.2, 0.25) is 9.84 Å². The molecule has 202 valence electrons. The summed E-state index contributed by atoms with van der Waals surface area (Å²) in [5.74, 6) is 0.0853. The average molecular weight is 562 g/mol. The number of amides is 1. The van der Waals surface area contributed by atoms with E-state index in [1.165, 1.54) is 37.4 Å². The number of methoxy groups -OCH3 is 1. The van der Waals surface area contributed by atoms with E-state index in [1.54, 1.807) is 43.3 Å². The zero-order valence-electron chi connectivity index (χ0n) is 20.8. The first-order valence-corrected chi connectivity index (χ1v) is 13.4. The highest BCUT2D eigenvalue weighted by Crippen LogP contribution is 2.30. The number of halogens is 1. The van der Waals surface area contributed by atoms with Crippen LogP contribution >= 0.6 is 11.6 Å². The van der Waals surface area contributed by atoms with E-state index in [4.69, 9.17) is 21.1 Å². The Morgan fingerprint density at radius 1 is 1.11 bits per heavy atom. The number of benzene rings is 3. The summed E-state index contributed by atoms with van der Waals surface area (Å²) in [7, 11) is -2.65. The smallest absolute Gasteiger partial charge is 0.407 e. The Morgan fingerprint density at radius 2 is 1.79 bits per heavy atom. The Morgan fingerprint density at radius 3 is 2.39 bits per heavy atom. The number of nitrogens with zero attached hydrogens (tertiary/aromatic N) is 1. The zero-order chi connectivity index (χ0) is 27.9. The normalized spacial score (nSPS) is 12.9. The molecule has 3 aromatic carbocycles. The van der Waals surface area contributed by atoms with Crippen LogP contribution in [0.15, 0.2) is 76.5 Å². The van der Waals surface area contributed by atoms with E-state index in [-0.39, 0.29) is 40.9 Å². The number of aldehydes is 1. The molecule has 0 unspecified atom stereocenters. The van der Waals surface area contributed by atoms with Gasteiger partial charge in [0.25, 0.3) is 0 Å². The van der Waals surface area contributed by atoms with Gasteiger partial charge in [-0.15, -0.1) is 0 Å². The molecule has 0 spiro atoms. The average Bonchev–Trinajstić information content (AvgIpc) is 2.90. The number of carbonyl (C=O) groups is 2. The van der Waals surface area contributed by atoms with Crippen molar-refractivity contribution in [2.75, 3.05) is 20.4 Å². The Labute approximate surface area is 226 Å². The van der Waals surface area contributed by atoms with Crippen LogP contribution in [0.1, 0.15) is 34.5 Å². The van der Waals surface area contributed by atoms with Crippen molar-refractivity contribution in [2.24, 2.45) is 0 Å². The van der Waals surface area contributed by atoms with Gasteiger partial charge in [0, 0.05) is 18.2 Å². The summed E-state index contributed by atoms with van der Waals surface area (Å²) >= 11 is 5.97. The number of carbonyl (C=O) groups excluding carboxylic acids is 1. The van der Waals surface area contributed by atoms with E-state index in [1.807, 2.05) is 0 Å². The predicted molar refractivity (Wildman–Crippen MR) is 141 cm³/mol. The van der Waals surface area contributed by atoms with Crippen molar-refractivity contribution in [2.45, 2.75) is 35.3 Å². The fourth-order valence-electron chi connectivity index (χ4n) is 3.96. The summed E-state index contributed by atoms with van der Waals surface area (Å²) in [5, 5.41) is 20.7. The van der Waals surface area contributed by atoms with Gasteiger partial charge in [-0.2, -0.15) is 0 Å². The van der Waals surface area contributed by atoms with Gasteiger partial charge in [-0.05, 0) is 60.9 Å². The Balaban J connectivity index is 1.78. The largest absolute Gasteiger partial charge is 0.467 e. The van der Waals surface area contributed by atoms with Crippen LogP contribution in [0.4, 0.5) is 4.79 Å². The second kappa shape index (κ2) is 12.9. The van der Waals surface area contributed by atoms with Crippen LogP contribution in [0.3, 0.4) is 0 Å². The van der Waals surface area contributed by atoms with Gasteiger partial charge >= 0.3 is 6.09 Å². The summed E-state index contributed by atoms with van der Waals surface area (Å²) in [6, 6.07) is 16.3. The summed E-state index contributed by atoms with van der Waals surface area (Å²) in [5.41, 5.74) is 1.07. The van der Waals surface area contributed by atoms with Crippen LogP contribution < -0.4 is 4.74 Å². The molecule has 1 amide bonds. The quantitative estimate of drug-likeness (QED) is 0.242. The van der Waals surface area contributed by atoms with Gasteiger partial charge in [0.1, 0.15) is 5.75 Å². The zero-order valence-corrected chi connectivity index (χ0v) is 22.4. The van der Waals surface area contributed by atoms with Gasteiger partial charge in [-0.3, -0.25) is 4.79 Å². The van der Waals surface area contributed by atoms with Gasteiger partial charge in [-0.25, -0.2) is 13.2 Å². The molecule has 0 fully saturated rings. The number of hydrogen-bond acceptors (Lipinski definition) is 7. The fraction of sp³-hybridized carbons (Fsp3) is 0.259. The molecular weight excluding hydrogens is 534 g/mol. The van der Waals surface area contributed by atoms with Crippen LogP contribution in [0.5, 0.6) is 5.75 Å². The Hall–Kier alpha value is -3.44. The number of sulfone groups is 1. The first-order chi connectivity index (χ1) is 18.1. The fourth-order valence-corrected chi connectivity index (χ4v) is 5.60. The second-order valence-electron chi connectivity index (χ2n) is 8.54. The molecule has 38 heavy (non-hydrogen) atoms. The molecule has 0 aliphatic heterocycles. The van der Waals surface area contributed by atoms with E-state index < -0.39 is 28.1 Å². The molecule has 9 nitrogen and oxygen atoms in total. The molecule has 0 heterocycles. The molecule has 3 aromatic rings. The SMILES string of the molecule is COCOc1cccc(S(=O)(=O)c2ccc(C[C@@H](C)N(C[C@@H](O)c3cccc(Cl)c3)C(=O)O)cc2)c1C=O. The van der Waals surface area contributed by atoms with Gasteiger partial charge < -0.3 is 24.6 Å². The predicted octanol–water partition coefficient (Wildman–Crippen LogP) is 4.61. The molecule has 0 saturated heterocycles. The van der Waals surface area contributed by atoms with E-state index in [2.05, 4.69) is 0 Å². The first-order valence-electron chi connectivity index (χ1n) is 11.6. The van der Waals surface area contributed by atoms with Crippen molar-refractivity contribution < 1.29 is 37.7 Å². The van der Waals surface area contributed by atoms with Gasteiger partial charge in [-0.1, -0.05) is 41.9 Å². The molecule has 0 aromatic heterocycles. The van der Waals surface area contributed by atoms with Crippen LogP contribution in [-0.2, 0) is 21.0 Å². The molecule has 2 N–H and O–H groups in total. The van der Waals surface area contributed by atoms with Crippen molar-refractivity contribution in [3.63, 3.8) is 0 Å². The lowest BCUT2D eigenvalue weighted by atomic mass is 10.0. The van der Waals surface area contributed by atoms with Crippen LogP contribution in [0.2, 0.25) is 5.02 Å². The highest BCUT2D eigenvalue weighted by Gasteiger charge is 2.26. The highest BCUT2D eigenvalue weighted by atomic mass is 35.5. The Bertz CT molecular complexity index is 1380. The molecule has 11 heteroatoms. The molecule has 0 aliphatic rings. The van der Waals surface area contributed by atoms with Crippen molar-refractivity contribution in [1.29, 1.82) is 0 Å². The summed E-state index contributed by atoms with van der Waals surface area (Å²) < 4.78 is 36.7. The van der Waals surface area contributed by atoms with Gasteiger partial charge in [0.15, 0.2) is 13.1 Å². The molecule has 3 rings (SSSR count). The number of carboxylic acid groups (broad SMARTS) is 1. The topological polar surface area (TPSA) is 130 Å². The summed E-state index contributed by atoms with van der Waals surface area (Å²) in [6.45, 7) is 1.38. The number of aliphatic hydroxyl groups excluding tert-OH is 1. The molecule has 0 bridgehead atoms. The van der Waals surface area contributed by atoms with Gasteiger partial charge in [0.05, 0.1) is 28.0 Å². The third-order valence-electron chi connectivity index (χ3n) is 5.91. The Kier molecular flexibility index (Phi) is 9.87. The monoisotopic (exact) mass is 561 g/mol. The minimum absolute atomic E-state index is 0.0348. The maximum Gasteiger partial charge on any atom is 0.407 e. The standard InChI is InChI=1S/C27H28ClNO8S/c1-18(29(27(32)33)15-24(31)20-5-3-6-21(28)14-20)13-19-9-11-22(12-10-19)38(34,35)26-8-4-7-25(23(26)16-30)37-17-36-2/h3-12,14,16,18,24,31H,13,15,17H2,1-2H3,(H,32,33)/t18-,24-/m1/s1.